The summed E-state index contributed by atoms with van der Waals surface area (Å²) in [6, 6.07) is 18.5. The monoisotopic (exact) mass is 460 g/mol. The molecular weight excluding hydrogens is 440 g/mol. The van der Waals surface area contributed by atoms with Crippen molar-refractivity contribution in [2.45, 2.75) is 6.92 Å². The largest absolute Gasteiger partial charge is 0.494 e. The van der Waals surface area contributed by atoms with Crippen molar-refractivity contribution in [3.8, 4) is 11.4 Å². The normalized spacial score (nSPS) is 10.6. The van der Waals surface area contributed by atoms with Gasteiger partial charge in [0.2, 0.25) is 0 Å². The van der Waals surface area contributed by atoms with Gasteiger partial charge < -0.3 is 14.8 Å². The number of carbonyl (C=O) groups excluding carboxylic acids is 2. The molecule has 0 aliphatic carbocycles. The maximum absolute atomic E-state index is 12.5. The SMILES string of the molecule is COc1cc([N+](=O)[O-])ccc1NC(=O)COC(=O)c1ccc2c(c1)nc(C)n2-c1ccccc1. The smallest absolute Gasteiger partial charge is 0.338 e. The Labute approximate surface area is 193 Å². The van der Waals surface area contributed by atoms with E-state index in [0.29, 0.717) is 5.52 Å². The predicted octanol–water partition coefficient (Wildman–Crippen LogP) is 4.05. The fourth-order valence-electron chi connectivity index (χ4n) is 3.53. The van der Waals surface area contributed by atoms with Gasteiger partial charge in [-0.25, -0.2) is 9.78 Å². The summed E-state index contributed by atoms with van der Waals surface area (Å²) in [5.41, 5.74) is 2.71. The molecule has 1 N–H and O–H groups in total. The number of benzene rings is 3. The van der Waals surface area contributed by atoms with Crippen molar-refractivity contribution in [3.63, 3.8) is 0 Å². The lowest BCUT2D eigenvalue weighted by atomic mass is 10.2. The number of para-hydroxylation sites is 1. The molecule has 0 bridgehead atoms. The van der Waals surface area contributed by atoms with Gasteiger partial charge in [-0.3, -0.25) is 19.5 Å². The van der Waals surface area contributed by atoms with Crippen LogP contribution in [0.5, 0.6) is 5.75 Å². The number of imidazole rings is 1. The number of hydrogen-bond acceptors (Lipinski definition) is 7. The van der Waals surface area contributed by atoms with Gasteiger partial charge in [0.05, 0.1) is 40.4 Å². The minimum Gasteiger partial charge on any atom is -0.494 e. The number of aryl methyl sites for hydroxylation is 1. The number of nitrogens with zero attached hydrogens (tertiary/aromatic N) is 3. The Kier molecular flexibility index (Phi) is 6.22. The minimum absolute atomic E-state index is 0.115. The number of nitro groups is 1. The molecule has 0 radical (unpaired) electrons. The zero-order chi connectivity index (χ0) is 24.2. The van der Waals surface area contributed by atoms with Crippen molar-refractivity contribution in [1.82, 2.24) is 9.55 Å². The number of esters is 1. The Hall–Kier alpha value is -4.73. The predicted molar refractivity (Wildman–Crippen MR) is 124 cm³/mol. The lowest BCUT2D eigenvalue weighted by molar-refractivity contribution is -0.384. The first kappa shape index (κ1) is 22.5. The van der Waals surface area contributed by atoms with Crippen LogP contribution >= 0.6 is 0 Å². The highest BCUT2D eigenvalue weighted by molar-refractivity contribution is 5.98. The molecule has 4 rings (SSSR count). The first-order chi connectivity index (χ1) is 16.4. The number of amides is 1. The van der Waals surface area contributed by atoms with Crippen LogP contribution < -0.4 is 10.1 Å². The van der Waals surface area contributed by atoms with Gasteiger partial charge >= 0.3 is 5.97 Å². The van der Waals surface area contributed by atoms with E-state index in [1.807, 2.05) is 41.8 Å². The number of methoxy groups -OCH3 is 1. The zero-order valence-electron chi connectivity index (χ0n) is 18.3. The topological polar surface area (TPSA) is 126 Å². The Morgan fingerprint density at radius 3 is 2.56 bits per heavy atom. The molecule has 0 unspecified atom stereocenters. The van der Waals surface area contributed by atoms with Crippen molar-refractivity contribution in [3.05, 3.63) is 88.2 Å². The molecule has 0 aliphatic heterocycles. The Balaban J connectivity index is 1.44. The standard InChI is InChI=1S/C24H20N4O6/c1-15-25-20-12-16(8-11-21(20)27(15)17-6-4-3-5-7-17)24(30)34-14-23(29)26-19-10-9-18(28(31)32)13-22(19)33-2/h3-13H,14H2,1-2H3,(H,26,29). The van der Waals surface area contributed by atoms with Gasteiger partial charge in [0.1, 0.15) is 11.6 Å². The van der Waals surface area contributed by atoms with E-state index in [2.05, 4.69) is 10.3 Å². The highest BCUT2D eigenvalue weighted by Crippen LogP contribution is 2.29. The van der Waals surface area contributed by atoms with Gasteiger partial charge in [-0.2, -0.15) is 0 Å². The highest BCUT2D eigenvalue weighted by atomic mass is 16.6. The summed E-state index contributed by atoms with van der Waals surface area (Å²) < 4.78 is 12.2. The second-order valence-electron chi connectivity index (χ2n) is 7.30. The summed E-state index contributed by atoms with van der Waals surface area (Å²) in [4.78, 5) is 39.6. The van der Waals surface area contributed by atoms with Gasteiger partial charge in [0, 0.05) is 11.8 Å². The summed E-state index contributed by atoms with van der Waals surface area (Å²) >= 11 is 0. The maximum Gasteiger partial charge on any atom is 0.338 e. The van der Waals surface area contributed by atoms with Gasteiger partial charge in [0.15, 0.2) is 6.61 Å². The molecule has 4 aromatic rings. The molecule has 3 aromatic carbocycles. The number of nitro benzene ring substituents is 1. The molecule has 1 amide bonds. The number of nitrogens with one attached hydrogen (secondary N) is 1. The van der Waals surface area contributed by atoms with Crippen molar-refractivity contribution in [2.24, 2.45) is 0 Å². The second-order valence-corrected chi connectivity index (χ2v) is 7.30. The van der Waals surface area contributed by atoms with Crippen molar-refractivity contribution in [1.29, 1.82) is 0 Å². The third-order valence-electron chi connectivity index (χ3n) is 5.08. The van der Waals surface area contributed by atoms with Crippen LogP contribution in [-0.4, -0.2) is 40.1 Å². The third kappa shape index (κ3) is 4.56. The number of non-ortho nitro benzene ring substituents is 1. The fraction of sp³-hybridized carbons (Fsp3) is 0.125. The highest BCUT2D eigenvalue weighted by Gasteiger charge is 2.17. The first-order valence-corrected chi connectivity index (χ1v) is 10.2. The number of ether oxygens (including phenoxy) is 2. The lowest BCUT2D eigenvalue weighted by Crippen LogP contribution is -2.21. The number of rotatable bonds is 7. The second kappa shape index (κ2) is 9.41. The van der Waals surface area contributed by atoms with Crippen LogP contribution in [0.1, 0.15) is 16.2 Å². The number of hydrogen-bond donors (Lipinski definition) is 1. The number of fused-ring (bicyclic) bond motifs is 1. The molecule has 172 valence electrons. The summed E-state index contributed by atoms with van der Waals surface area (Å²) in [6.45, 7) is 1.33. The lowest BCUT2D eigenvalue weighted by Gasteiger charge is -2.10. The molecule has 0 saturated carbocycles. The van der Waals surface area contributed by atoms with E-state index in [-0.39, 0.29) is 22.7 Å². The number of aromatic nitrogens is 2. The van der Waals surface area contributed by atoms with E-state index in [9.17, 15) is 19.7 Å². The van der Waals surface area contributed by atoms with Gasteiger partial charge in [-0.1, -0.05) is 18.2 Å². The van der Waals surface area contributed by atoms with Crippen LogP contribution in [0.25, 0.3) is 16.7 Å². The van der Waals surface area contributed by atoms with Crippen LogP contribution in [0.2, 0.25) is 0 Å². The molecule has 10 heteroatoms. The fourth-order valence-corrected chi connectivity index (χ4v) is 3.53. The molecule has 10 nitrogen and oxygen atoms in total. The van der Waals surface area contributed by atoms with E-state index in [4.69, 9.17) is 9.47 Å². The Morgan fingerprint density at radius 1 is 1.09 bits per heavy atom. The molecule has 34 heavy (non-hydrogen) atoms. The zero-order valence-corrected chi connectivity index (χ0v) is 18.3. The van der Waals surface area contributed by atoms with Crippen LogP contribution in [-0.2, 0) is 9.53 Å². The van der Waals surface area contributed by atoms with Gasteiger partial charge in [-0.15, -0.1) is 0 Å². The summed E-state index contributed by atoms with van der Waals surface area (Å²) in [7, 11) is 1.33. The molecule has 0 saturated heterocycles. The maximum atomic E-state index is 12.5. The Morgan fingerprint density at radius 2 is 1.85 bits per heavy atom. The molecule has 1 heterocycles. The summed E-state index contributed by atoms with van der Waals surface area (Å²) in [5, 5.41) is 13.4. The van der Waals surface area contributed by atoms with E-state index < -0.39 is 23.4 Å². The quantitative estimate of drug-likeness (QED) is 0.251. The van der Waals surface area contributed by atoms with Crippen LogP contribution in [0.4, 0.5) is 11.4 Å². The summed E-state index contributed by atoms with van der Waals surface area (Å²) in [6.07, 6.45) is 0. The third-order valence-corrected chi connectivity index (χ3v) is 5.08. The van der Waals surface area contributed by atoms with E-state index >= 15 is 0 Å². The van der Waals surface area contributed by atoms with Crippen molar-refractivity contribution >= 4 is 34.3 Å². The van der Waals surface area contributed by atoms with Crippen LogP contribution in [0.15, 0.2) is 66.7 Å². The molecule has 0 fully saturated rings. The summed E-state index contributed by atoms with van der Waals surface area (Å²) in [5.74, 6) is -0.419. The van der Waals surface area contributed by atoms with E-state index in [1.54, 1.807) is 18.2 Å². The van der Waals surface area contributed by atoms with Gasteiger partial charge in [0.25, 0.3) is 11.6 Å². The van der Waals surface area contributed by atoms with Gasteiger partial charge in [-0.05, 0) is 43.3 Å². The number of carbonyl (C=O) groups is 2. The van der Waals surface area contributed by atoms with Crippen LogP contribution in [0.3, 0.4) is 0 Å². The minimum atomic E-state index is -0.681. The average Bonchev–Trinajstić information content (AvgIpc) is 3.17. The Bertz CT molecular complexity index is 1400. The first-order valence-electron chi connectivity index (χ1n) is 10.2. The van der Waals surface area contributed by atoms with Crippen LogP contribution in [0, 0.1) is 17.0 Å². The average molecular weight is 460 g/mol. The van der Waals surface area contributed by atoms with Crippen molar-refractivity contribution < 1.29 is 24.0 Å². The molecule has 0 aliphatic rings. The van der Waals surface area contributed by atoms with E-state index in [1.165, 1.54) is 25.3 Å². The molecular formula is C24H20N4O6. The number of anilines is 1. The molecule has 0 spiro atoms. The van der Waals surface area contributed by atoms with Crippen molar-refractivity contribution in [2.75, 3.05) is 19.0 Å². The molecule has 0 atom stereocenters. The molecule has 1 aromatic heterocycles. The van der Waals surface area contributed by atoms with E-state index in [0.717, 1.165) is 17.0 Å².